The van der Waals surface area contributed by atoms with Crippen molar-refractivity contribution in [2.24, 2.45) is 5.41 Å². The van der Waals surface area contributed by atoms with Gasteiger partial charge in [-0.25, -0.2) is 9.18 Å². The minimum Gasteiger partial charge on any atom is -0.444 e. The summed E-state index contributed by atoms with van der Waals surface area (Å²) in [6.07, 6.45) is 1.43. The molecule has 0 radical (unpaired) electrons. The third-order valence-electron chi connectivity index (χ3n) is 8.26. The molecule has 1 aliphatic carbocycles. The van der Waals surface area contributed by atoms with E-state index in [1.54, 1.807) is 41.3 Å². The molecule has 0 unspecified atom stereocenters. The number of hydrogen-bond donors (Lipinski definition) is 0. The third-order valence-corrected chi connectivity index (χ3v) is 8.26. The predicted molar refractivity (Wildman–Crippen MR) is 154 cm³/mol. The lowest BCUT2D eigenvalue weighted by atomic mass is 9.59. The van der Waals surface area contributed by atoms with Gasteiger partial charge in [0.25, 0.3) is 11.8 Å². The number of rotatable bonds is 4. The second-order valence-electron chi connectivity index (χ2n) is 12.5. The van der Waals surface area contributed by atoms with Crippen LogP contribution in [-0.2, 0) is 4.74 Å². The van der Waals surface area contributed by atoms with Gasteiger partial charge >= 0.3 is 6.09 Å². The van der Waals surface area contributed by atoms with Gasteiger partial charge in [0.1, 0.15) is 11.4 Å². The first-order chi connectivity index (χ1) is 19.4. The molecule has 1 saturated carbocycles. The van der Waals surface area contributed by atoms with Crippen molar-refractivity contribution in [1.82, 2.24) is 9.80 Å². The summed E-state index contributed by atoms with van der Waals surface area (Å²) in [7, 11) is 0. The van der Waals surface area contributed by atoms with Crippen LogP contribution in [0.5, 0.6) is 0 Å². The molecule has 7 heteroatoms. The summed E-state index contributed by atoms with van der Waals surface area (Å²) >= 11 is 0. The molecule has 1 atom stereocenters. The normalized spacial score (nSPS) is 18.1. The Bertz CT molecular complexity index is 1530. The van der Waals surface area contributed by atoms with Crippen molar-refractivity contribution in [2.75, 3.05) is 13.1 Å². The fraction of sp³-hybridized carbons (Fsp3) is 0.324. The topological polar surface area (TPSA) is 66.9 Å². The van der Waals surface area contributed by atoms with Gasteiger partial charge in [-0.3, -0.25) is 14.5 Å². The minimum absolute atomic E-state index is 0.0530. The van der Waals surface area contributed by atoms with Crippen LogP contribution in [0.2, 0.25) is 0 Å². The molecule has 0 N–H and O–H groups in total. The van der Waals surface area contributed by atoms with Crippen molar-refractivity contribution in [3.8, 4) is 0 Å². The SMILES string of the molecule is C[C@H](c1ccc(C(=C2CC3(C2)CN(C(=O)OC(C)(C)C)C3)c2ccc(F)cc2)cc1)N1C(=O)c2ccccc2C1=O. The highest BCUT2D eigenvalue weighted by Gasteiger charge is 2.53. The summed E-state index contributed by atoms with van der Waals surface area (Å²) in [5, 5.41) is 0. The van der Waals surface area contributed by atoms with Crippen LogP contribution in [0, 0.1) is 11.2 Å². The second kappa shape index (κ2) is 9.68. The van der Waals surface area contributed by atoms with Crippen molar-refractivity contribution in [2.45, 2.75) is 52.2 Å². The molecule has 6 nitrogen and oxygen atoms in total. The zero-order chi connectivity index (χ0) is 29.1. The lowest BCUT2D eigenvalue weighted by molar-refractivity contribution is -0.0500. The molecule has 3 aliphatic rings. The highest BCUT2D eigenvalue weighted by atomic mass is 19.1. The van der Waals surface area contributed by atoms with Crippen LogP contribution in [-0.4, -0.2) is 46.4 Å². The molecule has 2 heterocycles. The van der Waals surface area contributed by atoms with Crippen LogP contribution in [0.1, 0.15) is 84.0 Å². The largest absolute Gasteiger partial charge is 0.444 e. The Morgan fingerprint density at radius 3 is 1.88 bits per heavy atom. The van der Waals surface area contributed by atoms with E-state index in [-0.39, 0.29) is 29.1 Å². The van der Waals surface area contributed by atoms with Crippen molar-refractivity contribution >= 4 is 23.5 Å². The standard InChI is InChI=1S/C34H33FN2O4/c1-21(37-30(38)27-7-5-6-8-28(27)31(37)39)22-9-11-23(12-10-22)29(24-13-15-26(35)16-14-24)25-17-34(18-25)19-36(20-34)32(40)41-33(2,3)4/h5-16,21H,17-20H2,1-4H3/t21-/m1/s1. The summed E-state index contributed by atoms with van der Waals surface area (Å²) < 4.78 is 19.3. The first-order valence-electron chi connectivity index (χ1n) is 14.0. The molecule has 210 valence electrons. The number of fused-ring (bicyclic) bond motifs is 1. The Kier molecular flexibility index (Phi) is 6.36. The van der Waals surface area contributed by atoms with Crippen LogP contribution in [0.25, 0.3) is 5.57 Å². The van der Waals surface area contributed by atoms with E-state index in [1.807, 2.05) is 52.0 Å². The van der Waals surface area contributed by atoms with Gasteiger partial charge in [0.05, 0.1) is 17.2 Å². The van der Waals surface area contributed by atoms with Gasteiger partial charge in [0.2, 0.25) is 0 Å². The average molecular weight is 553 g/mol. The highest BCUT2D eigenvalue weighted by molar-refractivity contribution is 6.21. The minimum atomic E-state index is -0.525. The quantitative estimate of drug-likeness (QED) is 0.327. The maximum absolute atomic E-state index is 13.8. The van der Waals surface area contributed by atoms with Gasteiger partial charge < -0.3 is 9.64 Å². The average Bonchev–Trinajstić information content (AvgIpc) is 3.14. The van der Waals surface area contributed by atoms with Crippen molar-refractivity contribution < 1.29 is 23.5 Å². The van der Waals surface area contributed by atoms with Gasteiger partial charge in [-0.2, -0.15) is 0 Å². The van der Waals surface area contributed by atoms with E-state index in [0.29, 0.717) is 24.2 Å². The monoisotopic (exact) mass is 552 g/mol. The van der Waals surface area contributed by atoms with E-state index in [1.165, 1.54) is 22.6 Å². The maximum Gasteiger partial charge on any atom is 0.410 e. The Balaban J connectivity index is 1.23. The second-order valence-corrected chi connectivity index (χ2v) is 12.5. The van der Waals surface area contributed by atoms with E-state index >= 15 is 0 Å². The molecule has 1 saturated heterocycles. The van der Waals surface area contributed by atoms with E-state index in [0.717, 1.165) is 35.1 Å². The maximum atomic E-state index is 13.8. The number of imide groups is 1. The van der Waals surface area contributed by atoms with Crippen LogP contribution >= 0.6 is 0 Å². The lowest BCUT2D eigenvalue weighted by Gasteiger charge is -2.57. The van der Waals surface area contributed by atoms with Gasteiger partial charge in [0, 0.05) is 18.5 Å². The molecule has 3 amide bonds. The Morgan fingerprint density at radius 1 is 0.854 bits per heavy atom. The zero-order valence-electron chi connectivity index (χ0n) is 23.7. The van der Waals surface area contributed by atoms with Crippen molar-refractivity contribution in [3.05, 3.63) is 112 Å². The number of nitrogens with zero attached hydrogens (tertiary/aromatic N) is 2. The van der Waals surface area contributed by atoms with Gasteiger partial charge in [-0.15, -0.1) is 0 Å². The number of ether oxygens (including phenoxy) is 1. The number of benzene rings is 3. The van der Waals surface area contributed by atoms with Crippen LogP contribution in [0.3, 0.4) is 0 Å². The first-order valence-corrected chi connectivity index (χ1v) is 14.0. The smallest absolute Gasteiger partial charge is 0.410 e. The van der Waals surface area contributed by atoms with Gasteiger partial charge in [-0.05, 0) is 87.1 Å². The summed E-state index contributed by atoms with van der Waals surface area (Å²) in [6, 6.07) is 20.9. The van der Waals surface area contributed by atoms with E-state index in [4.69, 9.17) is 4.74 Å². The summed E-state index contributed by atoms with van der Waals surface area (Å²) in [4.78, 5) is 41.6. The van der Waals surface area contributed by atoms with Crippen molar-refractivity contribution in [1.29, 1.82) is 0 Å². The number of carbonyl (C=O) groups excluding carboxylic acids is 3. The number of likely N-dealkylation sites (tertiary alicyclic amines) is 1. The van der Waals surface area contributed by atoms with Gasteiger partial charge in [0.15, 0.2) is 0 Å². The van der Waals surface area contributed by atoms with E-state index in [9.17, 15) is 18.8 Å². The molecule has 2 aliphatic heterocycles. The van der Waals surface area contributed by atoms with Gasteiger partial charge in [-0.1, -0.05) is 54.1 Å². The predicted octanol–water partition coefficient (Wildman–Crippen LogP) is 7.02. The molecule has 6 rings (SSSR count). The molecule has 41 heavy (non-hydrogen) atoms. The Morgan fingerprint density at radius 2 is 1.37 bits per heavy atom. The first kappa shape index (κ1) is 26.9. The Labute approximate surface area is 239 Å². The van der Waals surface area contributed by atoms with Crippen LogP contribution < -0.4 is 0 Å². The van der Waals surface area contributed by atoms with Crippen LogP contribution in [0.4, 0.5) is 9.18 Å². The fourth-order valence-corrected chi connectivity index (χ4v) is 6.30. The molecule has 3 aromatic carbocycles. The number of hydrogen-bond acceptors (Lipinski definition) is 4. The summed E-state index contributed by atoms with van der Waals surface area (Å²) in [5.41, 5.74) is 5.50. The summed E-state index contributed by atoms with van der Waals surface area (Å²) in [5.74, 6) is -0.853. The summed E-state index contributed by atoms with van der Waals surface area (Å²) in [6.45, 7) is 8.79. The van der Waals surface area contributed by atoms with E-state index < -0.39 is 11.6 Å². The molecule has 3 aromatic rings. The van der Waals surface area contributed by atoms with Crippen LogP contribution in [0.15, 0.2) is 78.4 Å². The third kappa shape index (κ3) is 4.83. The lowest BCUT2D eigenvalue weighted by Crippen LogP contribution is -2.62. The molecular formula is C34H33FN2O4. The Hall–Kier alpha value is -4.26. The van der Waals surface area contributed by atoms with Crippen molar-refractivity contribution in [3.63, 3.8) is 0 Å². The number of allylic oxidation sites excluding steroid dienone is 1. The highest BCUT2D eigenvalue weighted by Crippen LogP contribution is 2.55. The molecule has 1 spiro atoms. The zero-order valence-corrected chi connectivity index (χ0v) is 23.7. The number of amides is 3. The molecular weight excluding hydrogens is 519 g/mol. The number of carbonyl (C=O) groups is 3. The molecule has 2 fully saturated rings. The van der Waals surface area contributed by atoms with E-state index in [2.05, 4.69) is 0 Å². The number of halogens is 1. The molecule has 0 bridgehead atoms. The molecule has 0 aromatic heterocycles. The fourth-order valence-electron chi connectivity index (χ4n) is 6.30.